The van der Waals surface area contributed by atoms with Gasteiger partial charge in [-0.15, -0.1) is 0 Å². The van der Waals surface area contributed by atoms with Crippen LogP contribution < -0.4 is 11.1 Å². The van der Waals surface area contributed by atoms with E-state index in [1.807, 2.05) is 30.5 Å². The van der Waals surface area contributed by atoms with Gasteiger partial charge in [0.25, 0.3) is 0 Å². The fourth-order valence-electron chi connectivity index (χ4n) is 2.59. The molecule has 1 aromatic carbocycles. The second-order valence-electron chi connectivity index (χ2n) is 4.72. The maximum Gasteiger partial charge on any atom is 0.0722 e. The van der Waals surface area contributed by atoms with Crippen LogP contribution in [-0.4, -0.2) is 17.1 Å². The molecule has 3 rings (SSSR count). The molecule has 17 heavy (non-hydrogen) atoms. The van der Waals surface area contributed by atoms with E-state index in [-0.39, 0.29) is 6.04 Å². The lowest BCUT2D eigenvalue weighted by Gasteiger charge is -2.19. The number of aromatic nitrogens is 1. The number of anilines is 1. The second-order valence-corrected chi connectivity index (χ2v) is 4.72. The van der Waals surface area contributed by atoms with Gasteiger partial charge in [-0.25, -0.2) is 0 Å². The molecule has 3 N–H and O–H groups in total. The highest BCUT2D eigenvalue weighted by Gasteiger charge is 2.23. The standard InChI is InChI=1S/C14H17N3/c15-11-5-3-7-14(11)17-13-8-9-16-12-6-2-1-4-10(12)13/h1-2,4,6,8-9,11,14H,3,5,7,15H2,(H,16,17). The summed E-state index contributed by atoms with van der Waals surface area (Å²) in [5, 5.41) is 4.74. The zero-order valence-electron chi connectivity index (χ0n) is 9.76. The average molecular weight is 227 g/mol. The van der Waals surface area contributed by atoms with Gasteiger partial charge in [-0.1, -0.05) is 18.2 Å². The van der Waals surface area contributed by atoms with Crippen molar-refractivity contribution >= 4 is 16.6 Å². The molecule has 0 spiro atoms. The summed E-state index contributed by atoms with van der Waals surface area (Å²) in [6.45, 7) is 0. The fourth-order valence-corrected chi connectivity index (χ4v) is 2.59. The Labute approximate surface area is 101 Å². The van der Waals surface area contributed by atoms with Crippen LogP contribution >= 0.6 is 0 Å². The molecule has 2 atom stereocenters. The van der Waals surface area contributed by atoms with Gasteiger partial charge in [0, 0.05) is 29.4 Å². The van der Waals surface area contributed by atoms with Gasteiger partial charge in [-0.3, -0.25) is 4.98 Å². The number of hydrogen-bond donors (Lipinski definition) is 2. The first-order valence-corrected chi connectivity index (χ1v) is 6.20. The molecule has 1 saturated carbocycles. The fraction of sp³-hybridized carbons (Fsp3) is 0.357. The Hall–Kier alpha value is -1.61. The van der Waals surface area contributed by atoms with Gasteiger partial charge in [-0.2, -0.15) is 0 Å². The van der Waals surface area contributed by atoms with E-state index in [0.29, 0.717) is 6.04 Å². The lowest BCUT2D eigenvalue weighted by Crippen LogP contribution is -2.35. The predicted molar refractivity (Wildman–Crippen MR) is 71.0 cm³/mol. The zero-order chi connectivity index (χ0) is 11.7. The smallest absolute Gasteiger partial charge is 0.0722 e. The summed E-state index contributed by atoms with van der Waals surface area (Å²) in [6.07, 6.45) is 5.37. The minimum absolute atomic E-state index is 0.280. The summed E-state index contributed by atoms with van der Waals surface area (Å²) >= 11 is 0. The van der Waals surface area contributed by atoms with Gasteiger partial charge in [0.1, 0.15) is 0 Å². The van der Waals surface area contributed by atoms with Gasteiger partial charge in [0.15, 0.2) is 0 Å². The summed E-state index contributed by atoms with van der Waals surface area (Å²) in [6, 6.07) is 10.9. The third-order valence-electron chi connectivity index (χ3n) is 3.56. The minimum Gasteiger partial charge on any atom is -0.380 e. The van der Waals surface area contributed by atoms with Crippen molar-refractivity contribution in [2.75, 3.05) is 5.32 Å². The van der Waals surface area contributed by atoms with Gasteiger partial charge in [0.05, 0.1) is 5.52 Å². The summed E-state index contributed by atoms with van der Waals surface area (Å²) in [7, 11) is 0. The van der Waals surface area contributed by atoms with Crippen molar-refractivity contribution in [1.82, 2.24) is 4.98 Å². The average Bonchev–Trinajstić information content (AvgIpc) is 2.76. The monoisotopic (exact) mass is 227 g/mol. The Morgan fingerprint density at radius 3 is 2.88 bits per heavy atom. The van der Waals surface area contributed by atoms with Crippen LogP contribution in [0.4, 0.5) is 5.69 Å². The highest BCUT2D eigenvalue weighted by atomic mass is 15.0. The van der Waals surface area contributed by atoms with Crippen molar-refractivity contribution < 1.29 is 0 Å². The van der Waals surface area contributed by atoms with Crippen molar-refractivity contribution in [3.05, 3.63) is 36.5 Å². The van der Waals surface area contributed by atoms with Crippen LogP contribution in [0.25, 0.3) is 10.9 Å². The molecular formula is C14H17N3. The largest absolute Gasteiger partial charge is 0.380 e. The van der Waals surface area contributed by atoms with Crippen molar-refractivity contribution in [3.8, 4) is 0 Å². The lowest BCUT2D eigenvalue weighted by molar-refractivity contribution is 0.638. The van der Waals surface area contributed by atoms with E-state index in [1.54, 1.807) is 0 Å². The zero-order valence-corrected chi connectivity index (χ0v) is 9.76. The van der Waals surface area contributed by atoms with Gasteiger partial charge in [0.2, 0.25) is 0 Å². The summed E-state index contributed by atoms with van der Waals surface area (Å²) in [5.41, 5.74) is 8.28. The van der Waals surface area contributed by atoms with Crippen molar-refractivity contribution in [2.45, 2.75) is 31.3 Å². The van der Waals surface area contributed by atoms with Gasteiger partial charge >= 0.3 is 0 Å². The molecule has 1 aliphatic carbocycles. The molecule has 1 fully saturated rings. The van der Waals surface area contributed by atoms with Crippen LogP contribution in [-0.2, 0) is 0 Å². The quantitative estimate of drug-likeness (QED) is 0.829. The van der Waals surface area contributed by atoms with Crippen LogP contribution in [0, 0.1) is 0 Å². The van der Waals surface area contributed by atoms with E-state index in [4.69, 9.17) is 5.73 Å². The Morgan fingerprint density at radius 1 is 1.18 bits per heavy atom. The molecule has 1 aliphatic rings. The molecule has 0 saturated heterocycles. The summed E-state index contributed by atoms with van der Waals surface area (Å²) < 4.78 is 0. The van der Waals surface area contributed by atoms with Crippen molar-refractivity contribution in [3.63, 3.8) is 0 Å². The van der Waals surface area contributed by atoms with E-state index in [2.05, 4.69) is 16.4 Å². The molecule has 88 valence electrons. The number of nitrogens with one attached hydrogen (secondary N) is 1. The Morgan fingerprint density at radius 2 is 2.06 bits per heavy atom. The highest BCUT2D eigenvalue weighted by molar-refractivity contribution is 5.90. The molecule has 1 heterocycles. The third-order valence-corrected chi connectivity index (χ3v) is 3.56. The van der Waals surface area contributed by atoms with Gasteiger partial charge < -0.3 is 11.1 Å². The van der Waals surface area contributed by atoms with Crippen LogP contribution in [0.5, 0.6) is 0 Å². The maximum absolute atomic E-state index is 6.09. The number of benzene rings is 1. The molecule has 0 aliphatic heterocycles. The number of pyridine rings is 1. The maximum atomic E-state index is 6.09. The van der Waals surface area contributed by atoms with Crippen LogP contribution in [0.15, 0.2) is 36.5 Å². The first-order chi connectivity index (χ1) is 8.34. The molecule has 3 nitrogen and oxygen atoms in total. The first-order valence-electron chi connectivity index (χ1n) is 6.20. The van der Waals surface area contributed by atoms with Gasteiger partial charge in [-0.05, 0) is 31.4 Å². The number of rotatable bonds is 2. The number of fused-ring (bicyclic) bond motifs is 1. The molecule has 1 aromatic heterocycles. The van der Waals surface area contributed by atoms with E-state index < -0.39 is 0 Å². The number of hydrogen-bond acceptors (Lipinski definition) is 3. The normalized spacial score (nSPS) is 24.1. The lowest BCUT2D eigenvalue weighted by atomic mass is 10.1. The third kappa shape index (κ3) is 1.98. The molecule has 2 unspecified atom stereocenters. The van der Waals surface area contributed by atoms with Crippen LogP contribution in [0.2, 0.25) is 0 Å². The molecule has 2 aromatic rings. The highest BCUT2D eigenvalue weighted by Crippen LogP contribution is 2.26. The Bertz CT molecular complexity index is 518. The summed E-state index contributed by atoms with van der Waals surface area (Å²) in [4.78, 5) is 4.36. The summed E-state index contributed by atoms with van der Waals surface area (Å²) in [5.74, 6) is 0. The molecule has 3 heteroatoms. The topological polar surface area (TPSA) is 50.9 Å². The van der Waals surface area contributed by atoms with E-state index >= 15 is 0 Å². The number of nitrogens with zero attached hydrogens (tertiary/aromatic N) is 1. The van der Waals surface area contributed by atoms with E-state index in [9.17, 15) is 0 Å². The SMILES string of the molecule is NC1CCCC1Nc1ccnc2ccccc12. The van der Waals surface area contributed by atoms with E-state index in [0.717, 1.165) is 24.0 Å². The molecular weight excluding hydrogens is 210 g/mol. The number of nitrogens with two attached hydrogens (primary N) is 1. The Kier molecular flexibility index (Phi) is 2.69. The second kappa shape index (κ2) is 4.34. The molecule has 0 bridgehead atoms. The Balaban J connectivity index is 1.94. The predicted octanol–water partition coefficient (Wildman–Crippen LogP) is 2.53. The molecule has 0 amide bonds. The molecule has 0 radical (unpaired) electrons. The first kappa shape index (κ1) is 10.5. The van der Waals surface area contributed by atoms with Crippen LogP contribution in [0.3, 0.4) is 0 Å². The van der Waals surface area contributed by atoms with E-state index in [1.165, 1.54) is 11.8 Å². The minimum atomic E-state index is 0.280. The number of para-hydroxylation sites is 1. The van der Waals surface area contributed by atoms with Crippen LogP contribution in [0.1, 0.15) is 19.3 Å². The van der Waals surface area contributed by atoms with Crippen molar-refractivity contribution in [1.29, 1.82) is 0 Å². The van der Waals surface area contributed by atoms with Crippen molar-refractivity contribution in [2.24, 2.45) is 5.73 Å².